The first-order chi connectivity index (χ1) is 14.2. The van der Waals surface area contributed by atoms with Crippen LogP contribution in [0.4, 0.5) is 0 Å². The number of ketones is 1. The van der Waals surface area contributed by atoms with Crippen molar-refractivity contribution in [1.29, 1.82) is 5.26 Å². The molecule has 0 saturated heterocycles. The van der Waals surface area contributed by atoms with Gasteiger partial charge in [0.2, 0.25) is 0 Å². The van der Waals surface area contributed by atoms with Gasteiger partial charge in [-0.25, -0.2) is 0 Å². The van der Waals surface area contributed by atoms with Crippen LogP contribution in [-0.4, -0.2) is 17.0 Å². The second-order valence-electron chi connectivity index (χ2n) is 12.1. The van der Waals surface area contributed by atoms with Gasteiger partial charge in [-0.3, -0.25) is 4.79 Å². The van der Waals surface area contributed by atoms with Crippen molar-refractivity contribution >= 4 is 5.78 Å². The number of aliphatic hydroxyl groups is 1. The molecule has 3 nitrogen and oxygen atoms in total. The monoisotopic (exact) mass is 413 g/mol. The molecule has 0 heterocycles. The molecule has 0 aromatic heterocycles. The number of nitriles is 1. The number of hydrogen-bond donors (Lipinski definition) is 1. The van der Waals surface area contributed by atoms with Gasteiger partial charge in [-0.05, 0) is 104 Å². The third-order valence-electron chi connectivity index (χ3n) is 10.9. The Kier molecular flexibility index (Phi) is 6.13. The van der Waals surface area contributed by atoms with Crippen molar-refractivity contribution < 1.29 is 9.90 Å². The zero-order valence-electron chi connectivity index (χ0n) is 19.7. The zero-order chi connectivity index (χ0) is 21.7. The predicted molar refractivity (Wildman–Crippen MR) is 119 cm³/mol. The Morgan fingerprint density at radius 3 is 2.57 bits per heavy atom. The summed E-state index contributed by atoms with van der Waals surface area (Å²) in [4.78, 5) is 12.1. The van der Waals surface area contributed by atoms with Crippen LogP contribution >= 0.6 is 0 Å². The number of Topliss-reactive ketones (excluding diaryl/α,β-unsaturated/α-hetero) is 1. The van der Waals surface area contributed by atoms with E-state index in [1.165, 1.54) is 25.7 Å². The average molecular weight is 414 g/mol. The summed E-state index contributed by atoms with van der Waals surface area (Å²) in [5.41, 5.74) is 0.591. The van der Waals surface area contributed by atoms with Gasteiger partial charge >= 0.3 is 0 Å². The molecule has 10 atom stereocenters. The van der Waals surface area contributed by atoms with Crippen LogP contribution in [0.5, 0.6) is 0 Å². The second-order valence-corrected chi connectivity index (χ2v) is 12.1. The van der Waals surface area contributed by atoms with Crippen LogP contribution in [0.2, 0.25) is 0 Å². The summed E-state index contributed by atoms with van der Waals surface area (Å²) in [6.45, 7) is 9.55. The molecule has 30 heavy (non-hydrogen) atoms. The molecule has 4 unspecified atom stereocenters. The number of fused-ring (bicyclic) bond motifs is 5. The third kappa shape index (κ3) is 3.46. The van der Waals surface area contributed by atoms with E-state index in [0.29, 0.717) is 47.2 Å². The van der Waals surface area contributed by atoms with Gasteiger partial charge in [0.05, 0.1) is 12.2 Å². The Morgan fingerprint density at radius 1 is 1.13 bits per heavy atom. The molecule has 0 bridgehead atoms. The van der Waals surface area contributed by atoms with Crippen molar-refractivity contribution in [2.45, 2.75) is 104 Å². The molecule has 1 N–H and O–H groups in total. The first-order valence-corrected chi connectivity index (χ1v) is 12.8. The molecule has 4 rings (SSSR count). The quantitative estimate of drug-likeness (QED) is 0.588. The molecule has 0 aromatic rings. The minimum Gasteiger partial charge on any atom is -0.393 e. The zero-order valence-corrected chi connectivity index (χ0v) is 19.7. The molecular weight excluding hydrogens is 370 g/mol. The molecule has 0 aromatic carbocycles. The summed E-state index contributed by atoms with van der Waals surface area (Å²) < 4.78 is 0. The molecule has 4 saturated carbocycles. The Bertz CT molecular complexity index is 697. The molecule has 0 radical (unpaired) electrons. The smallest absolute Gasteiger partial charge is 0.133 e. The summed E-state index contributed by atoms with van der Waals surface area (Å²) in [6, 6.07) is 2.48. The lowest BCUT2D eigenvalue weighted by atomic mass is 9.44. The van der Waals surface area contributed by atoms with Crippen LogP contribution in [0.25, 0.3) is 0 Å². The highest BCUT2D eigenvalue weighted by atomic mass is 16.3. The topological polar surface area (TPSA) is 61.1 Å². The van der Waals surface area contributed by atoms with E-state index in [2.05, 4.69) is 33.8 Å². The number of aliphatic hydroxyl groups excluding tert-OH is 1. The van der Waals surface area contributed by atoms with Gasteiger partial charge in [-0.1, -0.05) is 27.7 Å². The fraction of sp³-hybridized carbons (Fsp3) is 0.926. The van der Waals surface area contributed by atoms with E-state index in [9.17, 15) is 15.2 Å². The van der Waals surface area contributed by atoms with E-state index in [1.807, 2.05) is 0 Å². The Balaban J connectivity index is 1.51. The minimum absolute atomic E-state index is 0.208. The lowest BCUT2D eigenvalue weighted by Crippen LogP contribution is -2.58. The highest BCUT2D eigenvalue weighted by Crippen LogP contribution is 2.68. The van der Waals surface area contributed by atoms with E-state index in [4.69, 9.17) is 0 Å². The Labute approximate surface area is 184 Å². The fourth-order valence-electron chi connectivity index (χ4n) is 9.01. The van der Waals surface area contributed by atoms with Crippen molar-refractivity contribution in [2.24, 2.45) is 52.3 Å². The molecule has 3 heteroatoms. The molecular formula is C27H43NO2. The van der Waals surface area contributed by atoms with E-state index in [0.717, 1.165) is 44.4 Å². The number of carbonyl (C=O) groups is 1. The molecule has 4 aliphatic carbocycles. The van der Waals surface area contributed by atoms with Gasteiger partial charge in [0.15, 0.2) is 0 Å². The number of carbonyl (C=O) groups excluding carboxylic acids is 1. The molecule has 4 aliphatic rings. The summed E-state index contributed by atoms with van der Waals surface area (Å²) in [7, 11) is 0. The number of hydrogen-bond acceptors (Lipinski definition) is 3. The van der Waals surface area contributed by atoms with Crippen molar-refractivity contribution in [2.75, 3.05) is 0 Å². The Hall–Kier alpha value is -0.880. The van der Waals surface area contributed by atoms with E-state index >= 15 is 0 Å². The largest absolute Gasteiger partial charge is 0.393 e. The second kappa shape index (κ2) is 8.23. The predicted octanol–water partition coefficient (Wildman–Crippen LogP) is 6.15. The van der Waals surface area contributed by atoms with Crippen LogP contribution < -0.4 is 0 Å². The van der Waals surface area contributed by atoms with E-state index in [1.54, 1.807) is 0 Å². The van der Waals surface area contributed by atoms with Crippen LogP contribution in [0.1, 0.15) is 98.3 Å². The molecule has 0 aliphatic heterocycles. The summed E-state index contributed by atoms with van der Waals surface area (Å²) in [5, 5.41) is 20.7. The third-order valence-corrected chi connectivity index (χ3v) is 10.9. The van der Waals surface area contributed by atoms with Crippen molar-refractivity contribution in [3.63, 3.8) is 0 Å². The first kappa shape index (κ1) is 22.3. The highest BCUT2D eigenvalue weighted by molar-refractivity contribution is 5.79. The normalized spacial score (nSPS) is 47.5. The van der Waals surface area contributed by atoms with Crippen molar-refractivity contribution in [3.8, 4) is 6.07 Å². The van der Waals surface area contributed by atoms with Crippen LogP contribution in [0, 0.1) is 63.6 Å². The molecule has 168 valence electrons. The van der Waals surface area contributed by atoms with Gasteiger partial charge in [0, 0.05) is 18.8 Å². The van der Waals surface area contributed by atoms with Crippen molar-refractivity contribution in [3.05, 3.63) is 0 Å². The molecule has 0 amide bonds. The summed E-state index contributed by atoms with van der Waals surface area (Å²) >= 11 is 0. The van der Waals surface area contributed by atoms with Crippen molar-refractivity contribution in [1.82, 2.24) is 0 Å². The van der Waals surface area contributed by atoms with Gasteiger partial charge in [0.25, 0.3) is 0 Å². The lowest BCUT2D eigenvalue weighted by molar-refractivity contribution is -0.168. The SMILES string of the molecule is CCC(C#N)CCC(C)[C@H]1CC[C@H]2[C@@H]3C(O)CC4CC(=O)CC[C@]4(C)[C@H]3CC[C@]12C. The standard InChI is InChI=1S/C27H43NO2/c1-5-18(16-28)7-6-17(2)21-8-9-22-25-23(11-13-27(21,22)4)26(3)12-10-20(29)14-19(26)15-24(25)30/h17-19,21-25,30H,5-15H2,1-4H3/t17?,18?,19?,21-,22+,23+,24?,25+,26+,27-/m1/s1. The summed E-state index contributed by atoms with van der Waals surface area (Å²) in [6.07, 6.45) is 11.4. The van der Waals surface area contributed by atoms with E-state index in [-0.39, 0.29) is 17.4 Å². The maximum Gasteiger partial charge on any atom is 0.133 e. The lowest BCUT2D eigenvalue weighted by Gasteiger charge is -2.62. The molecule has 0 spiro atoms. The van der Waals surface area contributed by atoms with Gasteiger partial charge < -0.3 is 5.11 Å². The maximum atomic E-state index is 12.1. The fourth-order valence-corrected chi connectivity index (χ4v) is 9.01. The number of nitrogens with zero attached hydrogens (tertiary/aromatic N) is 1. The van der Waals surface area contributed by atoms with Crippen LogP contribution in [-0.2, 0) is 4.79 Å². The summed E-state index contributed by atoms with van der Waals surface area (Å²) in [5.74, 6) is 4.06. The maximum absolute atomic E-state index is 12.1. The minimum atomic E-state index is -0.222. The van der Waals surface area contributed by atoms with Crippen LogP contribution in [0.3, 0.4) is 0 Å². The van der Waals surface area contributed by atoms with Gasteiger partial charge in [-0.15, -0.1) is 0 Å². The Morgan fingerprint density at radius 2 is 1.87 bits per heavy atom. The van der Waals surface area contributed by atoms with Gasteiger partial charge in [0.1, 0.15) is 5.78 Å². The first-order valence-electron chi connectivity index (χ1n) is 12.8. The molecule has 4 fully saturated rings. The van der Waals surface area contributed by atoms with Gasteiger partial charge in [-0.2, -0.15) is 5.26 Å². The van der Waals surface area contributed by atoms with E-state index < -0.39 is 0 Å². The highest BCUT2D eigenvalue weighted by Gasteiger charge is 2.62. The van der Waals surface area contributed by atoms with Crippen LogP contribution in [0.15, 0.2) is 0 Å². The number of rotatable bonds is 5. The average Bonchev–Trinajstić information content (AvgIpc) is 3.07.